The lowest BCUT2D eigenvalue weighted by atomic mass is 9.94. The van der Waals surface area contributed by atoms with Crippen LogP contribution in [-0.4, -0.2) is 31.6 Å². The molecule has 0 fully saturated rings. The van der Waals surface area contributed by atoms with Gasteiger partial charge in [0.15, 0.2) is 6.29 Å². The first-order valence-corrected chi connectivity index (χ1v) is 11.1. The molecule has 0 unspecified atom stereocenters. The Morgan fingerprint density at radius 3 is 2.19 bits per heavy atom. The van der Waals surface area contributed by atoms with Crippen LogP contribution in [0.1, 0.15) is 46.5 Å². The molecular formula is C27H30ClNO3. The largest absolute Gasteiger partial charge is 0.490 e. The number of likely N-dealkylation sites (N-methyl/N-ethyl adjacent to an activating group) is 1. The average Bonchev–Trinajstić information content (AvgIpc) is 2.78. The maximum Gasteiger partial charge on any atom is 0.153 e. The van der Waals surface area contributed by atoms with Gasteiger partial charge in [0.25, 0.3) is 0 Å². The number of halogens is 1. The predicted octanol–water partition coefficient (Wildman–Crippen LogP) is 5.54. The smallest absolute Gasteiger partial charge is 0.153 e. The molecule has 0 aliphatic rings. The van der Waals surface area contributed by atoms with Crippen molar-refractivity contribution in [1.82, 2.24) is 5.32 Å². The molecule has 0 atom stereocenters. The zero-order valence-corrected chi connectivity index (χ0v) is 19.8. The third-order valence-electron chi connectivity index (χ3n) is 5.60. The van der Waals surface area contributed by atoms with Crippen LogP contribution in [0.3, 0.4) is 0 Å². The number of aliphatic hydroxyl groups is 1. The Bertz CT molecular complexity index is 1070. The lowest BCUT2D eigenvalue weighted by molar-refractivity contribution is 0.0786. The number of hydrogen-bond acceptors (Lipinski definition) is 4. The van der Waals surface area contributed by atoms with Crippen molar-refractivity contribution in [2.75, 3.05) is 20.2 Å². The molecular weight excluding hydrogens is 422 g/mol. The normalized spacial score (nSPS) is 11.4. The van der Waals surface area contributed by atoms with Gasteiger partial charge in [0.2, 0.25) is 0 Å². The van der Waals surface area contributed by atoms with Gasteiger partial charge in [-0.3, -0.25) is 4.79 Å². The van der Waals surface area contributed by atoms with E-state index in [1.807, 2.05) is 44.3 Å². The van der Waals surface area contributed by atoms with Crippen molar-refractivity contribution in [3.63, 3.8) is 0 Å². The van der Waals surface area contributed by atoms with Gasteiger partial charge in [-0.2, -0.15) is 0 Å². The third kappa shape index (κ3) is 5.57. The van der Waals surface area contributed by atoms with Crippen LogP contribution in [0, 0.1) is 6.92 Å². The molecule has 0 aliphatic carbocycles. The molecule has 3 rings (SSSR count). The van der Waals surface area contributed by atoms with E-state index >= 15 is 0 Å². The highest BCUT2D eigenvalue weighted by molar-refractivity contribution is 6.33. The highest BCUT2D eigenvalue weighted by Gasteiger charge is 2.17. The molecule has 4 nitrogen and oxygen atoms in total. The molecule has 0 saturated heterocycles. The summed E-state index contributed by atoms with van der Waals surface area (Å²) in [5.41, 5.74) is 5.74. The molecule has 0 radical (unpaired) electrons. The van der Waals surface area contributed by atoms with E-state index in [2.05, 4.69) is 29.6 Å². The second kappa shape index (κ2) is 10.3. The van der Waals surface area contributed by atoms with E-state index in [-0.39, 0.29) is 0 Å². The highest BCUT2D eigenvalue weighted by atomic mass is 35.5. The topological polar surface area (TPSA) is 58.6 Å². The lowest BCUT2D eigenvalue weighted by Gasteiger charge is -2.18. The molecule has 0 saturated carbocycles. The van der Waals surface area contributed by atoms with Crippen LogP contribution < -0.4 is 10.1 Å². The summed E-state index contributed by atoms with van der Waals surface area (Å²) in [4.78, 5) is 11.6. The van der Waals surface area contributed by atoms with Gasteiger partial charge in [-0.25, -0.2) is 0 Å². The van der Waals surface area contributed by atoms with E-state index in [1.54, 1.807) is 13.8 Å². The van der Waals surface area contributed by atoms with E-state index in [1.165, 1.54) is 0 Å². The Kier molecular flexibility index (Phi) is 7.73. The summed E-state index contributed by atoms with van der Waals surface area (Å²) in [5, 5.41) is 13.6. The van der Waals surface area contributed by atoms with Crippen molar-refractivity contribution in [2.24, 2.45) is 0 Å². The quantitative estimate of drug-likeness (QED) is 0.331. The van der Waals surface area contributed by atoms with Crippen LogP contribution in [0.5, 0.6) is 5.75 Å². The van der Waals surface area contributed by atoms with Crippen molar-refractivity contribution < 1.29 is 14.6 Å². The first kappa shape index (κ1) is 24.0. The molecule has 0 bridgehead atoms. The zero-order valence-electron chi connectivity index (χ0n) is 19.0. The Balaban J connectivity index is 1.80. The summed E-state index contributed by atoms with van der Waals surface area (Å²) >= 11 is 6.56. The summed E-state index contributed by atoms with van der Waals surface area (Å²) in [7, 11) is 1.84. The number of nitrogens with one attached hydrogen (secondary N) is 1. The lowest BCUT2D eigenvalue weighted by Crippen LogP contribution is -2.17. The van der Waals surface area contributed by atoms with Crippen LogP contribution in [0.4, 0.5) is 0 Å². The minimum absolute atomic E-state index is 0.439. The molecule has 168 valence electrons. The Morgan fingerprint density at radius 2 is 1.66 bits per heavy atom. The van der Waals surface area contributed by atoms with Crippen molar-refractivity contribution in [2.45, 2.75) is 32.8 Å². The molecule has 0 heterocycles. The fourth-order valence-electron chi connectivity index (χ4n) is 3.58. The number of rotatable bonds is 9. The molecule has 0 aromatic heterocycles. The maximum atomic E-state index is 11.6. The van der Waals surface area contributed by atoms with E-state index in [0.29, 0.717) is 35.9 Å². The van der Waals surface area contributed by atoms with E-state index in [9.17, 15) is 9.90 Å². The van der Waals surface area contributed by atoms with E-state index in [0.717, 1.165) is 39.7 Å². The molecule has 3 aromatic carbocycles. The Labute approximate surface area is 195 Å². The number of aldehydes is 1. The molecule has 2 N–H and O–H groups in total. The van der Waals surface area contributed by atoms with E-state index in [4.69, 9.17) is 16.3 Å². The van der Waals surface area contributed by atoms with Crippen molar-refractivity contribution >= 4 is 17.9 Å². The van der Waals surface area contributed by atoms with Gasteiger partial charge < -0.3 is 15.2 Å². The Morgan fingerprint density at radius 1 is 1.06 bits per heavy atom. The Hall–Kier alpha value is -2.66. The summed E-state index contributed by atoms with van der Waals surface area (Å²) in [6, 6.07) is 18.2. The van der Waals surface area contributed by atoms with Gasteiger partial charge >= 0.3 is 0 Å². The molecule has 32 heavy (non-hydrogen) atoms. The minimum Gasteiger partial charge on any atom is -0.490 e. The third-order valence-corrected chi connectivity index (χ3v) is 6.06. The standard InChI is InChI=1S/C27H30ClNO3/c1-18-22(16-23(17-30)26(25(18)28)32-14-13-29-4)15-19-5-7-20(8-6-19)21-9-11-24(12-10-21)27(2,3)31/h5-12,16-17,29,31H,13-15H2,1-4H3. The van der Waals surface area contributed by atoms with Crippen molar-refractivity contribution in [1.29, 1.82) is 0 Å². The highest BCUT2D eigenvalue weighted by Crippen LogP contribution is 2.35. The summed E-state index contributed by atoms with van der Waals surface area (Å²) < 4.78 is 5.74. The fraction of sp³-hybridized carbons (Fsp3) is 0.296. The molecule has 0 amide bonds. The van der Waals surface area contributed by atoms with Crippen LogP contribution in [0.2, 0.25) is 5.02 Å². The van der Waals surface area contributed by atoms with Gasteiger partial charge in [0.1, 0.15) is 12.4 Å². The number of ether oxygens (including phenoxy) is 1. The van der Waals surface area contributed by atoms with Gasteiger partial charge in [-0.05, 0) is 73.7 Å². The molecule has 0 aliphatic heterocycles. The van der Waals surface area contributed by atoms with Crippen LogP contribution in [0.25, 0.3) is 11.1 Å². The minimum atomic E-state index is -0.852. The second-order valence-corrected chi connectivity index (χ2v) is 8.85. The molecule has 0 spiro atoms. The summed E-state index contributed by atoms with van der Waals surface area (Å²) in [6.07, 6.45) is 1.46. The second-order valence-electron chi connectivity index (χ2n) is 8.47. The van der Waals surface area contributed by atoms with Crippen LogP contribution >= 0.6 is 11.6 Å². The number of carbonyl (C=O) groups excluding carboxylic acids is 1. The monoisotopic (exact) mass is 451 g/mol. The van der Waals surface area contributed by atoms with Crippen LogP contribution in [0.15, 0.2) is 54.6 Å². The van der Waals surface area contributed by atoms with Gasteiger partial charge in [0.05, 0.1) is 16.2 Å². The molecule has 3 aromatic rings. The van der Waals surface area contributed by atoms with Gasteiger partial charge in [0, 0.05) is 6.54 Å². The van der Waals surface area contributed by atoms with Gasteiger partial charge in [-0.1, -0.05) is 60.1 Å². The predicted molar refractivity (Wildman–Crippen MR) is 131 cm³/mol. The number of carbonyl (C=O) groups is 1. The van der Waals surface area contributed by atoms with Crippen molar-refractivity contribution in [3.8, 4) is 16.9 Å². The number of benzene rings is 3. The summed E-state index contributed by atoms with van der Waals surface area (Å²) in [6.45, 7) is 6.62. The first-order valence-electron chi connectivity index (χ1n) is 10.7. The fourth-order valence-corrected chi connectivity index (χ4v) is 3.86. The SMILES string of the molecule is CNCCOc1c(C=O)cc(Cc2ccc(-c3ccc(C(C)(C)O)cc3)cc2)c(C)c1Cl. The number of hydrogen-bond donors (Lipinski definition) is 2. The van der Waals surface area contributed by atoms with E-state index < -0.39 is 5.60 Å². The first-order chi connectivity index (χ1) is 15.2. The average molecular weight is 452 g/mol. The van der Waals surface area contributed by atoms with Crippen LogP contribution in [-0.2, 0) is 12.0 Å². The zero-order chi connectivity index (χ0) is 23.3. The summed E-state index contributed by atoms with van der Waals surface area (Å²) in [5.74, 6) is 0.447. The maximum absolute atomic E-state index is 11.6. The molecule has 5 heteroatoms. The van der Waals surface area contributed by atoms with Crippen molar-refractivity contribution in [3.05, 3.63) is 87.4 Å². The van der Waals surface area contributed by atoms with Gasteiger partial charge in [-0.15, -0.1) is 0 Å².